The molecule has 0 radical (unpaired) electrons. The van der Waals surface area contributed by atoms with E-state index in [9.17, 15) is 4.79 Å². The van der Waals surface area contributed by atoms with Gasteiger partial charge in [-0.2, -0.15) is 11.8 Å². The Morgan fingerprint density at radius 2 is 2.55 bits per heavy atom. The van der Waals surface area contributed by atoms with Crippen LogP contribution >= 0.6 is 11.8 Å². The Morgan fingerprint density at radius 3 is 3.09 bits per heavy atom. The molecular weight excluding hydrogens is 160 g/mol. The predicted molar refractivity (Wildman–Crippen MR) is 46.9 cm³/mol. The molecule has 1 heterocycles. The topological polar surface area (TPSA) is 37.3 Å². The van der Waals surface area contributed by atoms with E-state index in [1.807, 2.05) is 17.8 Å². The molecule has 1 rings (SSSR count). The molecule has 2 nitrogen and oxygen atoms in total. The van der Waals surface area contributed by atoms with Crippen LogP contribution in [0.15, 0.2) is 12.2 Å². The number of rotatable bonds is 3. The third kappa shape index (κ3) is 3.46. The smallest absolute Gasteiger partial charge is 0.307 e. The summed E-state index contributed by atoms with van der Waals surface area (Å²) in [5.74, 6) is 0.478. The lowest BCUT2D eigenvalue weighted by molar-refractivity contribution is -0.136. The van der Waals surface area contributed by atoms with E-state index in [2.05, 4.69) is 0 Å². The van der Waals surface area contributed by atoms with E-state index in [-0.39, 0.29) is 6.42 Å². The highest BCUT2D eigenvalue weighted by Crippen LogP contribution is 2.26. The van der Waals surface area contributed by atoms with Gasteiger partial charge in [-0.25, -0.2) is 0 Å². The van der Waals surface area contributed by atoms with Gasteiger partial charge < -0.3 is 5.11 Å². The van der Waals surface area contributed by atoms with Gasteiger partial charge >= 0.3 is 5.97 Å². The highest BCUT2D eigenvalue weighted by molar-refractivity contribution is 8.00. The maximum absolute atomic E-state index is 10.1. The minimum absolute atomic E-state index is 0.164. The van der Waals surface area contributed by atoms with Crippen LogP contribution in [0.25, 0.3) is 0 Å². The minimum Gasteiger partial charge on any atom is -0.481 e. The van der Waals surface area contributed by atoms with Crippen LogP contribution in [0, 0.1) is 0 Å². The maximum atomic E-state index is 10.1. The number of carboxylic acids is 1. The summed E-state index contributed by atoms with van der Waals surface area (Å²) < 4.78 is 0. The van der Waals surface area contributed by atoms with Crippen molar-refractivity contribution in [2.75, 3.05) is 5.75 Å². The van der Waals surface area contributed by atoms with Gasteiger partial charge in [0, 0.05) is 5.25 Å². The molecule has 0 aromatic carbocycles. The molecule has 1 unspecified atom stereocenters. The zero-order valence-electron chi connectivity index (χ0n) is 6.32. The highest BCUT2D eigenvalue weighted by atomic mass is 32.2. The monoisotopic (exact) mass is 172 g/mol. The van der Waals surface area contributed by atoms with E-state index in [0.717, 1.165) is 0 Å². The molecular formula is C8H12O2S. The fourth-order valence-corrected chi connectivity index (χ4v) is 2.27. The van der Waals surface area contributed by atoms with Crippen molar-refractivity contribution in [1.82, 2.24) is 0 Å². The minimum atomic E-state index is -0.746. The number of hydrogen-bond donors (Lipinski definition) is 1. The first-order chi connectivity index (χ1) is 5.29. The summed E-state index contributed by atoms with van der Waals surface area (Å²) in [6.45, 7) is 0. The fraction of sp³-hybridized carbons (Fsp3) is 0.625. The van der Waals surface area contributed by atoms with Crippen LogP contribution in [-0.2, 0) is 4.79 Å². The summed E-state index contributed by atoms with van der Waals surface area (Å²) in [4.78, 5) is 10.1. The number of carboxylic acid groups (broad SMARTS) is 1. The Bertz CT molecular complexity index is 159. The largest absolute Gasteiger partial charge is 0.481 e. The number of carbonyl (C=O) groups is 1. The summed E-state index contributed by atoms with van der Waals surface area (Å²) in [6.07, 6.45) is 6.42. The molecule has 62 valence electrons. The van der Waals surface area contributed by atoms with E-state index in [4.69, 9.17) is 5.11 Å². The van der Waals surface area contributed by atoms with Crippen LogP contribution in [0.1, 0.15) is 19.3 Å². The molecule has 0 amide bonds. The lowest BCUT2D eigenvalue weighted by Gasteiger charge is -1.97. The average Bonchev–Trinajstić information content (AvgIpc) is 2.39. The van der Waals surface area contributed by atoms with E-state index in [1.54, 1.807) is 6.08 Å². The van der Waals surface area contributed by atoms with Crippen molar-refractivity contribution >= 4 is 17.7 Å². The summed E-state index contributed by atoms with van der Waals surface area (Å²) in [5, 5.41) is 8.91. The molecule has 0 aromatic rings. The van der Waals surface area contributed by atoms with Gasteiger partial charge in [0.25, 0.3) is 0 Å². The Hall–Kier alpha value is -0.440. The van der Waals surface area contributed by atoms with Gasteiger partial charge in [0.2, 0.25) is 0 Å². The Balaban J connectivity index is 2.17. The molecule has 1 aliphatic rings. The van der Waals surface area contributed by atoms with Gasteiger partial charge in [-0.1, -0.05) is 12.2 Å². The van der Waals surface area contributed by atoms with Gasteiger partial charge in [0.15, 0.2) is 0 Å². The number of thioether (sulfide) groups is 1. The molecule has 0 spiro atoms. The van der Waals surface area contributed by atoms with Crippen molar-refractivity contribution in [3.05, 3.63) is 12.2 Å². The average molecular weight is 172 g/mol. The summed E-state index contributed by atoms with van der Waals surface area (Å²) in [7, 11) is 0. The van der Waals surface area contributed by atoms with E-state index < -0.39 is 5.97 Å². The Labute approximate surface area is 70.7 Å². The van der Waals surface area contributed by atoms with Crippen LogP contribution in [0.4, 0.5) is 0 Å². The van der Waals surface area contributed by atoms with Crippen molar-refractivity contribution in [3.63, 3.8) is 0 Å². The number of aliphatic carboxylic acids is 1. The van der Waals surface area contributed by atoms with Crippen LogP contribution in [0.3, 0.4) is 0 Å². The summed E-state index contributed by atoms with van der Waals surface area (Å²) >= 11 is 1.91. The first-order valence-electron chi connectivity index (χ1n) is 3.79. The van der Waals surface area contributed by atoms with Gasteiger partial charge in [0.05, 0.1) is 6.42 Å². The lowest BCUT2D eigenvalue weighted by atomic mass is 10.2. The van der Waals surface area contributed by atoms with Crippen molar-refractivity contribution < 1.29 is 9.90 Å². The van der Waals surface area contributed by atoms with Gasteiger partial charge in [-0.3, -0.25) is 4.79 Å². The maximum Gasteiger partial charge on any atom is 0.307 e. The quantitative estimate of drug-likeness (QED) is 0.661. The molecule has 1 fully saturated rings. The second kappa shape index (κ2) is 4.44. The van der Waals surface area contributed by atoms with E-state index in [0.29, 0.717) is 5.25 Å². The Kier molecular flexibility index (Phi) is 3.49. The molecule has 0 aliphatic carbocycles. The molecule has 1 atom stereocenters. The zero-order valence-corrected chi connectivity index (χ0v) is 7.14. The van der Waals surface area contributed by atoms with E-state index in [1.165, 1.54) is 18.6 Å². The zero-order chi connectivity index (χ0) is 8.10. The van der Waals surface area contributed by atoms with Crippen LogP contribution in [0.2, 0.25) is 0 Å². The molecule has 1 N–H and O–H groups in total. The second-order valence-corrected chi connectivity index (χ2v) is 3.92. The first kappa shape index (κ1) is 8.65. The molecule has 1 aliphatic heterocycles. The van der Waals surface area contributed by atoms with Gasteiger partial charge in [-0.15, -0.1) is 0 Å². The van der Waals surface area contributed by atoms with Crippen molar-refractivity contribution in [1.29, 1.82) is 0 Å². The fourth-order valence-electron chi connectivity index (χ4n) is 1.07. The van der Waals surface area contributed by atoms with Gasteiger partial charge in [-0.05, 0) is 18.6 Å². The van der Waals surface area contributed by atoms with Crippen LogP contribution in [-0.4, -0.2) is 22.1 Å². The summed E-state index contributed by atoms with van der Waals surface area (Å²) in [6, 6.07) is 0. The normalized spacial score (nSPS) is 24.5. The molecule has 0 aromatic heterocycles. The SMILES string of the molecule is O=C(O)C/C=C\C1CCCS1. The van der Waals surface area contributed by atoms with Crippen LogP contribution in [0.5, 0.6) is 0 Å². The van der Waals surface area contributed by atoms with Crippen molar-refractivity contribution in [3.8, 4) is 0 Å². The predicted octanol–water partition coefficient (Wildman–Crippen LogP) is 1.91. The standard InChI is InChI=1S/C8H12O2S/c9-8(10)5-1-3-7-4-2-6-11-7/h1,3,7H,2,4-6H2,(H,9,10)/b3-1-. The second-order valence-electron chi connectivity index (χ2n) is 2.58. The van der Waals surface area contributed by atoms with Gasteiger partial charge in [0.1, 0.15) is 0 Å². The third-order valence-corrected chi connectivity index (χ3v) is 2.95. The molecule has 1 saturated heterocycles. The first-order valence-corrected chi connectivity index (χ1v) is 4.84. The molecule has 11 heavy (non-hydrogen) atoms. The van der Waals surface area contributed by atoms with Crippen molar-refractivity contribution in [2.24, 2.45) is 0 Å². The van der Waals surface area contributed by atoms with E-state index >= 15 is 0 Å². The molecule has 0 saturated carbocycles. The summed E-state index contributed by atoms with van der Waals surface area (Å²) in [5.41, 5.74) is 0. The van der Waals surface area contributed by atoms with Crippen molar-refractivity contribution in [2.45, 2.75) is 24.5 Å². The van der Waals surface area contributed by atoms with Crippen LogP contribution < -0.4 is 0 Å². The number of hydrogen-bond acceptors (Lipinski definition) is 2. The third-order valence-electron chi connectivity index (χ3n) is 1.61. The molecule has 0 bridgehead atoms. The highest BCUT2D eigenvalue weighted by Gasteiger charge is 2.11. The Morgan fingerprint density at radius 1 is 1.73 bits per heavy atom. The molecule has 3 heteroatoms. The lowest BCUT2D eigenvalue weighted by Crippen LogP contribution is -1.93.